The summed E-state index contributed by atoms with van der Waals surface area (Å²) in [6.45, 7) is 7.36. The molecule has 1 heteroatoms. The van der Waals surface area contributed by atoms with Crippen molar-refractivity contribution in [3.63, 3.8) is 0 Å². The van der Waals surface area contributed by atoms with Crippen LogP contribution < -0.4 is 5.19 Å². The molecule has 0 N–H and O–H groups in total. The van der Waals surface area contributed by atoms with Crippen molar-refractivity contribution in [2.45, 2.75) is 19.6 Å². The number of fused-ring (bicyclic) bond motifs is 2. The van der Waals surface area contributed by atoms with Crippen LogP contribution in [0.3, 0.4) is 0 Å². The quantitative estimate of drug-likeness (QED) is 0.193. The lowest BCUT2D eigenvalue weighted by atomic mass is 9.90. The van der Waals surface area contributed by atoms with E-state index in [1.165, 1.54) is 43.1 Å². The van der Waals surface area contributed by atoms with E-state index in [1.54, 1.807) is 5.19 Å². The van der Waals surface area contributed by atoms with Crippen molar-refractivity contribution in [3.8, 4) is 0 Å². The van der Waals surface area contributed by atoms with Gasteiger partial charge in [-0.25, -0.2) is 0 Å². The monoisotopic (exact) mass is 324 g/mol. The highest BCUT2D eigenvalue weighted by Crippen LogP contribution is 2.39. The van der Waals surface area contributed by atoms with E-state index in [0.29, 0.717) is 0 Å². The molecule has 0 aliphatic rings. The summed E-state index contributed by atoms with van der Waals surface area (Å²) in [5, 5.41) is 12.8. The Labute approximate surface area is 143 Å². The second-order valence-electron chi connectivity index (χ2n) is 7.85. The SMILES string of the molecule is C[Si](C)(C)c1ccc2cccc3c4cccc5cccc(c1c23)c54. The van der Waals surface area contributed by atoms with Crippen LogP contribution >= 0.6 is 0 Å². The van der Waals surface area contributed by atoms with E-state index in [-0.39, 0.29) is 0 Å². The molecule has 0 aliphatic heterocycles. The van der Waals surface area contributed by atoms with Crippen LogP contribution in [0.1, 0.15) is 0 Å². The maximum Gasteiger partial charge on any atom is 0.0784 e. The van der Waals surface area contributed by atoms with Crippen LogP contribution in [0.5, 0.6) is 0 Å². The molecule has 116 valence electrons. The van der Waals surface area contributed by atoms with Crippen LogP contribution in [0.15, 0.2) is 66.7 Å². The van der Waals surface area contributed by atoms with Crippen molar-refractivity contribution in [2.75, 3.05) is 0 Å². The minimum Gasteiger partial charge on any atom is -0.0656 e. The van der Waals surface area contributed by atoms with Crippen molar-refractivity contribution >= 4 is 56.4 Å². The largest absolute Gasteiger partial charge is 0.0784 e. The standard InChI is InChI=1S/C23H20Si/c1-24(2,3)20-14-13-16-9-5-11-18-17-10-4-7-15-8-6-12-19(21(15)17)23(20)22(16)18/h4-14H,1-3H3. The van der Waals surface area contributed by atoms with E-state index in [4.69, 9.17) is 0 Å². The van der Waals surface area contributed by atoms with Crippen LogP contribution in [0.2, 0.25) is 19.6 Å². The van der Waals surface area contributed by atoms with Crippen molar-refractivity contribution in [2.24, 2.45) is 0 Å². The molecule has 24 heavy (non-hydrogen) atoms. The molecule has 0 aliphatic carbocycles. The molecule has 0 saturated heterocycles. The smallest absolute Gasteiger partial charge is 0.0656 e. The zero-order chi connectivity index (χ0) is 16.5. The molecule has 0 heterocycles. The summed E-state index contributed by atoms with van der Waals surface area (Å²) >= 11 is 0. The number of hydrogen-bond donors (Lipinski definition) is 0. The first-order valence-corrected chi connectivity index (χ1v) is 12.1. The fourth-order valence-corrected chi connectivity index (χ4v) is 5.88. The van der Waals surface area contributed by atoms with Crippen molar-refractivity contribution < 1.29 is 0 Å². The topological polar surface area (TPSA) is 0 Å². The lowest BCUT2D eigenvalue weighted by Gasteiger charge is -2.23. The van der Waals surface area contributed by atoms with Gasteiger partial charge in [0.25, 0.3) is 0 Å². The predicted molar refractivity (Wildman–Crippen MR) is 111 cm³/mol. The summed E-state index contributed by atoms with van der Waals surface area (Å²) in [7, 11) is -1.44. The summed E-state index contributed by atoms with van der Waals surface area (Å²) in [5.41, 5.74) is 0. The number of hydrogen-bond acceptors (Lipinski definition) is 0. The van der Waals surface area contributed by atoms with Gasteiger partial charge < -0.3 is 0 Å². The zero-order valence-electron chi connectivity index (χ0n) is 14.4. The van der Waals surface area contributed by atoms with E-state index in [2.05, 4.69) is 86.4 Å². The normalized spacial score (nSPS) is 12.8. The fraction of sp³-hybridized carbons (Fsp3) is 0.130. The third-order valence-electron chi connectivity index (χ3n) is 5.32. The second-order valence-corrected chi connectivity index (χ2v) is 12.9. The first kappa shape index (κ1) is 14.0. The molecule has 5 aromatic carbocycles. The van der Waals surface area contributed by atoms with Crippen LogP contribution in [0, 0.1) is 0 Å². The van der Waals surface area contributed by atoms with E-state index in [9.17, 15) is 0 Å². The van der Waals surface area contributed by atoms with Crippen LogP contribution in [0.4, 0.5) is 0 Å². The Hall–Kier alpha value is -2.38. The van der Waals surface area contributed by atoms with Gasteiger partial charge in [-0.15, -0.1) is 0 Å². The van der Waals surface area contributed by atoms with Crippen molar-refractivity contribution in [3.05, 3.63) is 66.7 Å². The molecule has 5 rings (SSSR count). The van der Waals surface area contributed by atoms with Crippen LogP contribution in [0.25, 0.3) is 43.1 Å². The molecular weight excluding hydrogens is 304 g/mol. The second kappa shape index (κ2) is 4.58. The molecule has 0 aromatic heterocycles. The van der Waals surface area contributed by atoms with Gasteiger partial charge in [-0.2, -0.15) is 0 Å². The van der Waals surface area contributed by atoms with Gasteiger partial charge in [-0.1, -0.05) is 91.6 Å². The highest BCUT2D eigenvalue weighted by molar-refractivity contribution is 6.91. The molecule has 0 radical (unpaired) electrons. The molecule has 0 fully saturated rings. The highest BCUT2D eigenvalue weighted by Gasteiger charge is 2.23. The molecule has 5 aromatic rings. The first-order valence-electron chi connectivity index (χ1n) is 8.64. The summed E-state index contributed by atoms with van der Waals surface area (Å²) in [6.07, 6.45) is 0. The third kappa shape index (κ3) is 1.73. The summed E-state index contributed by atoms with van der Waals surface area (Å²) in [5.74, 6) is 0. The maximum absolute atomic E-state index is 2.45. The van der Waals surface area contributed by atoms with Gasteiger partial charge in [0.2, 0.25) is 0 Å². The van der Waals surface area contributed by atoms with Gasteiger partial charge in [0.1, 0.15) is 0 Å². The molecule has 0 nitrogen and oxygen atoms in total. The Morgan fingerprint density at radius 3 is 1.67 bits per heavy atom. The minimum atomic E-state index is -1.44. The molecule has 0 bridgehead atoms. The molecule has 0 atom stereocenters. The van der Waals surface area contributed by atoms with Gasteiger partial charge in [-0.05, 0) is 43.1 Å². The molecule has 0 spiro atoms. The van der Waals surface area contributed by atoms with Crippen molar-refractivity contribution in [1.29, 1.82) is 0 Å². The number of benzene rings is 5. The molecular formula is C23H20Si. The number of rotatable bonds is 1. The maximum atomic E-state index is 2.45. The van der Waals surface area contributed by atoms with Gasteiger partial charge in [0.05, 0.1) is 8.07 Å². The fourth-order valence-electron chi connectivity index (χ4n) is 4.28. The molecule has 0 unspecified atom stereocenters. The summed E-state index contributed by atoms with van der Waals surface area (Å²) in [4.78, 5) is 0. The Bertz CT molecular complexity index is 1220. The Morgan fingerprint density at radius 1 is 0.500 bits per heavy atom. The van der Waals surface area contributed by atoms with Crippen molar-refractivity contribution in [1.82, 2.24) is 0 Å². The lowest BCUT2D eigenvalue weighted by Crippen LogP contribution is -2.38. The van der Waals surface area contributed by atoms with Gasteiger partial charge in [0, 0.05) is 0 Å². The van der Waals surface area contributed by atoms with E-state index < -0.39 is 8.07 Å². The van der Waals surface area contributed by atoms with Crippen LogP contribution in [-0.2, 0) is 0 Å². The van der Waals surface area contributed by atoms with Gasteiger partial charge in [-0.3, -0.25) is 0 Å². The summed E-state index contributed by atoms with van der Waals surface area (Å²) in [6, 6.07) is 24.9. The highest BCUT2D eigenvalue weighted by atomic mass is 28.3. The molecule has 0 amide bonds. The van der Waals surface area contributed by atoms with Crippen LogP contribution in [-0.4, -0.2) is 8.07 Å². The Morgan fingerprint density at radius 2 is 1.04 bits per heavy atom. The average Bonchev–Trinajstić information content (AvgIpc) is 2.58. The lowest BCUT2D eigenvalue weighted by molar-refractivity contribution is 1.74. The minimum absolute atomic E-state index is 1.35. The predicted octanol–water partition coefficient (Wildman–Crippen LogP) is 6.28. The zero-order valence-corrected chi connectivity index (χ0v) is 15.4. The third-order valence-corrected chi connectivity index (χ3v) is 7.35. The van der Waals surface area contributed by atoms with E-state index in [1.807, 2.05) is 0 Å². The van der Waals surface area contributed by atoms with Gasteiger partial charge >= 0.3 is 0 Å². The first-order chi connectivity index (χ1) is 11.6. The average molecular weight is 324 g/mol. The molecule has 0 saturated carbocycles. The Balaban J connectivity index is 2.24. The van der Waals surface area contributed by atoms with E-state index in [0.717, 1.165) is 0 Å². The van der Waals surface area contributed by atoms with E-state index >= 15 is 0 Å². The summed E-state index contributed by atoms with van der Waals surface area (Å²) < 4.78 is 0. The Kier molecular flexibility index (Phi) is 2.67. The van der Waals surface area contributed by atoms with Gasteiger partial charge in [0.15, 0.2) is 0 Å².